The fourth-order valence-electron chi connectivity index (χ4n) is 1.87. The molecule has 0 aliphatic carbocycles. The van der Waals surface area contributed by atoms with E-state index in [4.69, 9.17) is 4.74 Å². The van der Waals surface area contributed by atoms with E-state index in [-0.39, 0.29) is 35.7 Å². The summed E-state index contributed by atoms with van der Waals surface area (Å²) < 4.78 is 18.4. The molecule has 1 unspecified atom stereocenters. The van der Waals surface area contributed by atoms with Crippen molar-refractivity contribution < 1.29 is 18.7 Å². The highest BCUT2D eigenvalue weighted by Gasteiger charge is 2.12. The third-order valence-electron chi connectivity index (χ3n) is 2.81. The number of nitrogens with one attached hydrogen (secondary N) is 1. The van der Waals surface area contributed by atoms with Gasteiger partial charge in [0.15, 0.2) is 12.4 Å². The van der Waals surface area contributed by atoms with Gasteiger partial charge in [0.1, 0.15) is 11.6 Å². The zero-order valence-corrected chi connectivity index (χ0v) is 12.0. The topological polar surface area (TPSA) is 55.4 Å². The molecule has 1 atom stereocenters. The molecule has 1 aromatic carbocycles. The lowest BCUT2D eigenvalue weighted by Gasteiger charge is -2.14. The Morgan fingerprint density at radius 3 is 2.70 bits per heavy atom. The second-order valence-electron chi connectivity index (χ2n) is 4.74. The molecule has 1 N–H and O–H groups in total. The molecular formula is C15H20FNO3. The van der Waals surface area contributed by atoms with E-state index < -0.39 is 5.82 Å². The molecule has 0 saturated carbocycles. The molecule has 0 aliphatic heterocycles. The number of Topliss-reactive ketones (excluding diaryl/α,β-unsaturated/α-hetero) is 1. The summed E-state index contributed by atoms with van der Waals surface area (Å²) in [6.07, 6.45) is 1.87. The van der Waals surface area contributed by atoms with Crippen molar-refractivity contribution in [2.24, 2.45) is 0 Å². The Hall–Kier alpha value is -1.91. The SMILES string of the molecule is CCCC(C)NC(=O)COc1ccc(F)cc1C(C)=O. The minimum Gasteiger partial charge on any atom is -0.483 e. The third kappa shape index (κ3) is 4.99. The van der Waals surface area contributed by atoms with E-state index in [1.807, 2.05) is 13.8 Å². The van der Waals surface area contributed by atoms with Gasteiger partial charge in [0, 0.05) is 6.04 Å². The normalized spacial score (nSPS) is 11.8. The molecule has 1 aromatic rings. The Balaban J connectivity index is 2.61. The standard InChI is InChI=1S/C15H20FNO3/c1-4-5-10(2)17-15(19)9-20-14-7-6-12(16)8-13(14)11(3)18/h6-8,10H,4-5,9H2,1-3H3,(H,17,19). The number of carbonyl (C=O) groups is 2. The molecule has 0 heterocycles. The summed E-state index contributed by atoms with van der Waals surface area (Å²) in [4.78, 5) is 23.0. The van der Waals surface area contributed by atoms with Crippen molar-refractivity contribution in [3.8, 4) is 5.75 Å². The predicted molar refractivity (Wildman–Crippen MR) is 74.4 cm³/mol. The number of ether oxygens (including phenoxy) is 1. The van der Waals surface area contributed by atoms with Gasteiger partial charge in [-0.15, -0.1) is 0 Å². The van der Waals surface area contributed by atoms with Crippen LogP contribution in [0.2, 0.25) is 0 Å². The first-order valence-corrected chi connectivity index (χ1v) is 6.66. The van der Waals surface area contributed by atoms with Gasteiger partial charge < -0.3 is 10.1 Å². The molecular weight excluding hydrogens is 261 g/mol. The summed E-state index contributed by atoms with van der Waals surface area (Å²) in [7, 11) is 0. The Morgan fingerprint density at radius 2 is 2.10 bits per heavy atom. The number of hydrogen-bond donors (Lipinski definition) is 1. The van der Waals surface area contributed by atoms with Crippen molar-refractivity contribution in [1.82, 2.24) is 5.32 Å². The Morgan fingerprint density at radius 1 is 1.40 bits per heavy atom. The molecule has 0 radical (unpaired) electrons. The van der Waals surface area contributed by atoms with E-state index in [9.17, 15) is 14.0 Å². The van der Waals surface area contributed by atoms with E-state index in [1.54, 1.807) is 0 Å². The smallest absolute Gasteiger partial charge is 0.258 e. The number of amides is 1. The van der Waals surface area contributed by atoms with Crippen LogP contribution in [0.4, 0.5) is 4.39 Å². The molecule has 20 heavy (non-hydrogen) atoms. The Labute approximate surface area is 118 Å². The highest BCUT2D eigenvalue weighted by atomic mass is 19.1. The van der Waals surface area contributed by atoms with Crippen LogP contribution in [0.1, 0.15) is 44.0 Å². The third-order valence-corrected chi connectivity index (χ3v) is 2.81. The predicted octanol–water partition coefficient (Wildman–Crippen LogP) is 2.71. The van der Waals surface area contributed by atoms with Crippen molar-refractivity contribution in [2.75, 3.05) is 6.61 Å². The van der Waals surface area contributed by atoms with Crippen LogP contribution in [0.3, 0.4) is 0 Å². The maximum Gasteiger partial charge on any atom is 0.258 e. The van der Waals surface area contributed by atoms with Crippen LogP contribution in [-0.4, -0.2) is 24.3 Å². The first-order chi connectivity index (χ1) is 9.43. The van der Waals surface area contributed by atoms with Gasteiger partial charge in [0.25, 0.3) is 5.91 Å². The fourth-order valence-corrected chi connectivity index (χ4v) is 1.87. The van der Waals surface area contributed by atoms with E-state index in [2.05, 4.69) is 5.32 Å². The number of halogens is 1. The lowest BCUT2D eigenvalue weighted by Crippen LogP contribution is -2.36. The average molecular weight is 281 g/mol. The van der Waals surface area contributed by atoms with Gasteiger partial charge in [-0.25, -0.2) is 4.39 Å². The van der Waals surface area contributed by atoms with Crippen LogP contribution in [0.5, 0.6) is 5.75 Å². The zero-order valence-electron chi connectivity index (χ0n) is 12.0. The summed E-state index contributed by atoms with van der Waals surface area (Å²) >= 11 is 0. The van der Waals surface area contributed by atoms with E-state index >= 15 is 0 Å². The van der Waals surface area contributed by atoms with Crippen LogP contribution >= 0.6 is 0 Å². The zero-order chi connectivity index (χ0) is 15.1. The van der Waals surface area contributed by atoms with Crippen molar-refractivity contribution in [3.05, 3.63) is 29.6 Å². The molecule has 5 heteroatoms. The Bertz CT molecular complexity index is 488. The van der Waals surface area contributed by atoms with Gasteiger partial charge in [0.05, 0.1) is 5.56 Å². The average Bonchev–Trinajstić information content (AvgIpc) is 2.37. The van der Waals surface area contributed by atoms with Gasteiger partial charge in [-0.3, -0.25) is 9.59 Å². The van der Waals surface area contributed by atoms with Gasteiger partial charge in [-0.05, 0) is 38.5 Å². The number of rotatable bonds is 7. The second-order valence-corrected chi connectivity index (χ2v) is 4.74. The van der Waals surface area contributed by atoms with Crippen LogP contribution in [0.15, 0.2) is 18.2 Å². The van der Waals surface area contributed by atoms with Crippen molar-refractivity contribution in [1.29, 1.82) is 0 Å². The largest absolute Gasteiger partial charge is 0.483 e. The molecule has 0 fully saturated rings. The van der Waals surface area contributed by atoms with E-state index in [0.29, 0.717) is 0 Å². The molecule has 0 aromatic heterocycles. The van der Waals surface area contributed by atoms with Crippen LogP contribution < -0.4 is 10.1 Å². The fraction of sp³-hybridized carbons (Fsp3) is 0.467. The number of carbonyl (C=O) groups excluding carboxylic acids is 2. The molecule has 0 aliphatic rings. The minimum absolute atomic E-state index is 0.0802. The van der Waals surface area contributed by atoms with E-state index in [0.717, 1.165) is 18.9 Å². The summed E-state index contributed by atoms with van der Waals surface area (Å²) in [6.45, 7) is 5.09. The lowest BCUT2D eigenvalue weighted by atomic mass is 10.1. The van der Waals surface area contributed by atoms with Crippen molar-refractivity contribution in [2.45, 2.75) is 39.7 Å². The van der Waals surface area contributed by atoms with Crippen molar-refractivity contribution >= 4 is 11.7 Å². The quantitative estimate of drug-likeness (QED) is 0.782. The first-order valence-electron chi connectivity index (χ1n) is 6.66. The molecule has 4 nitrogen and oxygen atoms in total. The second kappa shape index (κ2) is 7.62. The Kier molecular flexibility index (Phi) is 6.15. The molecule has 0 bridgehead atoms. The summed E-state index contributed by atoms with van der Waals surface area (Å²) in [5.74, 6) is -0.857. The van der Waals surface area contributed by atoms with Crippen LogP contribution in [0, 0.1) is 5.82 Å². The molecule has 1 amide bonds. The molecule has 110 valence electrons. The minimum atomic E-state index is -0.511. The number of hydrogen-bond acceptors (Lipinski definition) is 3. The number of benzene rings is 1. The van der Waals surface area contributed by atoms with E-state index in [1.165, 1.54) is 19.1 Å². The molecule has 0 saturated heterocycles. The highest BCUT2D eigenvalue weighted by Crippen LogP contribution is 2.20. The molecule has 1 rings (SSSR count). The van der Waals surface area contributed by atoms with Gasteiger partial charge >= 0.3 is 0 Å². The van der Waals surface area contributed by atoms with Crippen molar-refractivity contribution in [3.63, 3.8) is 0 Å². The molecule has 0 spiro atoms. The lowest BCUT2D eigenvalue weighted by molar-refractivity contribution is -0.123. The first kappa shape index (κ1) is 16.1. The summed E-state index contributed by atoms with van der Waals surface area (Å²) in [5, 5.41) is 2.79. The van der Waals surface area contributed by atoms with Crippen LogP contribution in [-0.2, 0) is 4.79 Å². The van der Waals surface area contributed by atoms with Gasteiger partial charge in [-0.2, -0.15) is 0 Å². The number of ketones is 1. The highest BCUT2D eigenvalue weighted by molar-refractivity contribution is 5.96. The van der Waals surface area contributed by atoms with Gasteiger partial charge in [0.2, 0.25) is 0 Å². The monoisotopic (exact) mass is 281 g/mol. The maximum absolute atomic E-state index is 13.1. The maximum atomic E-state index is 13.1. The van der Waals surface area contributed by atoms with Gasteiger partial charge in [-0.1, -0.05) is 13.3 Å². The summed E-state index contributed by atoms with van der Waals surface area (Å²) in [5.41, 5.74) is 0.138. The summed E-state index contributed by atoms with van der Waals surface area (Å²) in [6, 6.07) is 3.74. The van der Waals surface area contributed by atoms with Crippen LogP contribution in [0.25, 0.3) is 0 Å².